The summed E-state index contributed by atoms with van der Waals surface area (Å²) in [5, 5.41) is 10.5. The molecule has 0 N–H and O–H groups in total. The molecule has 0 aliphatic heterocycles. The topological polar surface area (TPSA) is 63.5 Å². The summed E-state index contributed by atoms with van der Waals surface area (Å²) in [6.07, 6.45) is 0. The molecular weight excluding hydrogens is 215 g/mol. The Morgan fingerprint density at radius 2 is 2.12 bits per heavy atom. The van der Waals surface area contributed by atoms with E-state index in [1.165, 1.54) is 4.90 Å². The van der Waals surface area contributed by atoms with Crippen molar-refractivity contribution in [1.29, 1.82) is 0 Å². The molecule has 86 valence electrons. The fraction of sp³-hybridized carbons (Fsp3) is 0.300. The highest BCUT2D eigenvalue weighted by atomic mass is 19.1. The third-order valence-corrected chi connectivity index (χ3v) is 2.16. The van der Waals surface area contributed by atoms with Crippen LogP contribution in [0.25, 0.3) is 0 Å². The number of carbonyl (C=O) groups excluding carboxylic acids is 1. The van der Waals surface area contributed by atoms with Gasteiger partial charge in [0.15, 0.2) is 0 Å². The Balaban J connectivity index is 3.14. The highest BCUT2D eigenvalue weighted by Gasteiger charge is 2.16. The molecule has 5 nitrogen and oxygen atoms in total. The van der Waals surface area contributed by atoms with Crippen LogP contribution in [0, 0.1) is 15.9 Å². The average Bonchev–Trinajstić information content (AvgIpc) is 2.26. The van der Waals surface area contributed by atoms with E-state index >= 15 is 0 Å². The van der Waals surface area contributed by atoms with Gasteiger partial charge in [0.25, 0.3) is 11.6 Å². The largest absolute Gasteiger partial charge is 0.342 e. The lowest BCUT2D eigenvalue weighted by molar-refractivity contribution is -0.385. The van der Waals surface area contributed by atoms with Crippen LogP contribution in [0.15, 0.2) is 18.2 Å². The van der Waals surface area contributed by atoms with Crippen LogP contribution in [0.4, 0.5) is 10.1 Å². The molecule has 0 unspecified atom stereocenters. The lowest BCUT2D eigenvalue weighted by Gasteiger charge is -2.14. The zero-order valence-corrected chi connectivity index (χ0v) is 8.94. The Kier molecular flexibility index (Phi) is 3.55. The molecule has 1 aromatic rings. The van der Waals surface area contributed by atoms with Crippen molar-refractivity contribution in [2.75, 3.05) is 13.6 Å². The summed E-state index contributed by atoms with van der Waals surface area (Å²) in [4.78, 5) is 22.7. The van der Waals surface area contributed by atoms with E-state index in [9.17, 15) is 19.3 Å². The van der Waals surface area contributed by atoms with Crippen LogP contribution in [0.3, 0.4) is 0 Å². The molecule has 0 radical (unpaired) electrons. The summed E-state index contributed by atoms with van der Waals surface area (Å²) in [5.74, 6) is -1.23. The number of non-ortho nitro benzene ring substituents is 1. The number of halogens is 1. The SMILES string of the molecule is CCN(C)C(=O)c1cc(F)cc([N+](=O)[O-])c1. The summed E-state index contributed by atoms with van der Waals surface area (Å²) in [6, 6.07) is 2.84. The number of nitro groups is 1. The lowest BCUT2D eigenvalue weighted by Crippen LogP contribution is -2.26. The summed E-state index contributed by atoms with van der Waals surface area (Å²) >= 11 is 0. The Hall–Kier alpha value is -1.98. The van der Waals surface area contributed by atoms with E-state index in [0.29, 0.717) is 6.54 Å². The van der Waals surface area contributed by atoms with Gasteiger partial charge in [0.05, 0.1) is 11.0 Å². The second-order valence-corrected chi connectivity index (χ2v) is 3.27. The van der Waals surface area contributed by atoms with Crippen molar-refractivity contribution < 1.29 is 14.1 Å². The Bertz CT molecular complexity index is 434. The monoisotopic (exact) mass is 226 g/mol. The molecule has 0 saturated heterocycles. The maximum Gasteiger partial charge on any atom is 0.273 e. The predicted octanol–water partition coefficient (Wildman–Crippen LogP) is 1.83. The van der Waals surface area contributed by atoms with Gasteiger partial charge >= 0.3 is 0 Å². The molecule has 0 saturated carbocycles. The number of carbonyl (C=O) groups is 1. The molecule has 6 heteroatoms. The summed E-state index contributed by atoms with van der Waals surface area (Å²) in [5.41, 5.74) is -0.441. The van der Waals surface area contributed by atoms with Gasteiger partial charge in [-0.25, -0.2) is 4.39 Å². The molecule has 0 bridgehead atoms. The predicted molar refractivity (Wildman–Crippen MR) is 55.7 cm³/mol. The number of nitro benzene ring substituents is 1. The number of nitrogens with zero attached hydrogens (tertiary/aromatic N) is 2. The van der Waals surface area contributed by atoms with Gasteiger partial charge in [-0.1, -0.05) is 0 Å². The van der Waals surface area contributed by atoms with E-state index in [1.807, 2.05) is 0 Å². The standard InChI is InChI=1S/C10H11FN2O3/c1-3-12(2)10(14)7-4-8(11)6-9(5-7)13(15)16/h4-6H,3H2,1-2H3. The van der Waals surface area contributed by atoms with Crippen molar-refractivity contribution in [3.8, 4) is 0 Å². The van der Waals surface area contributed by atoms with E-state index in [0.717, 1.165) is 18.2 Å². The number of rotatable bonds is 3. The Morgan fingerprint density at radius 1 is 1.50 bits per heavy atom. The second-order valence-electron chi connectivity index (χ2n) is 3.27. The van der Waals surface area contributed by atoms with Gasteiger partial charge in [-0.3, -0.25) is 14.9 Å². The highest BCUT2D eigenvalue weighted by molar-refractivity contribution is 5.94. The van der Waals surface area contributed by atoms with Crippen LogP contribution in [-0.2, 0) is 0 Å². The van der Waals surface area contributed by atoms with E-state index in [2.05, 4.69) is 0 Å². The third kappa shape index (κ3) is 2.53. The van der Waals surface area contributed by atoms with Crippen molar-refractivity contribution in [2.24, 2.45) is 0 Å². The third-order valence-electron chi connectivity index (χ3n) is 2.16. The maximum atomic E-state index is 13.0. The molecule has 16 heavy (non-hydrogen) atoms. The molecule has 0 aliphatic carbocycles. The van der Waals surface area contributed by atoms with Crippen LogP contribution in [0.2, 0.25) is 0 Å². The van der Waals surface area contributed by atoms with Crippen LogP contribution in [0.1, 0.15) is 17.3 Å². The van der Waals surface area contributed by atoms with Crippen molar-refractivity contribution >= 4 is 11.6 Å². The van der Waals surface area contributed by atoms with Crippen molar-refractivity contribution in [3.63, 3.8) is 0 Å². The Labute approximate surface area is 91.6 Å². The molecule has 0 atom stereocenters. The van der Waals surface area contributed by atoms with Gasteiger partial charge in [0.2, 0.25) is 0 Å². The lowest BCUT2D eigenvalue weighted by atomic mass is 10.1. The number of amides is 1. The van der Waals surface area contributed by atoms with E-state index in [-0.39, 0.29) is 5.56 Å². The van der Waals surface area contributed by atoms with Gasteiger partial charge in [-0.15, -0.1) is 0 Å². The smallest absolute Gasteiger partial charge is 0.273 e. The summed E-state index contributed by atoms with van der Waals surface area (Å²) in [6.45, 7) is 2.20. The van der Waals surface area contributed by atoms with Crippen molar-refractivity contribution in [1.82, 2.24) is 4.90 Å². The summed E-state index contributed by atoms with van der Waals surface area (Å²) in [7, 11) is 1.54. The van der Waals surface area contributed by atoms with Crippen LogP contribution in [-0.4, -0.2) is 29.3 Å². The quantitative estimate of drug-likeness (QED) is 0.583. The first-order valence-corrected chi connectivity index (χ1v) is 4.66. The first kappa shape index (κ1) is 12.1. The van der Waals surface area contributed by atoms with E-state index in [1.54, 1.807) is 14.0 Å². The molecule has 0 aromatic heterocycles. The fourth-order valence-corrected chi connectivity index (χ4v) is 1.17. The highest BCUT2D eigenvalue weighted by Crippen LogP contribution is 2.17. The maximum absolute atomic E-state index is 13.0. The minimum atomic E-state index is -0.790. The van der Waals surface area contributed by atoms with E-state index in [4.69, 9.17) is 0 Å². The zero-order valence-electron chi connectivity index (χ0n) is 8.94. The van der Waals surface area contributed by atoms with Gasteiger partial charge < -0.3 is 4.90 Å². The molecule has 1 amide bonds. The number of hydrogen-bond donors (Lipinski definition) is 0. The minimum Gasteiger partial charge on any atom is -0.342 e. The van der Waals surface area contributed by atoms with Gasteiger partial charge in [0, 0.05) is 25.2 Å². The molecule has 1 rings (SSSR count). The molecule has 0 spiro atoms. The number of benzene rings is 1. The first-order chi connectivity index (χ1) is 7.45. The van der Waals surface area contributed by atoms with Crippen LogP contribution >= 0.6 is 0 Å². The van der Waals surface area contributed by atoms with Crippen LogP contribution in [0.5, 0.6) is 0 Å². The van der Waals surface area contributed by atoms with Gasteiger partial charge in [0.1, 0.15) is 5.82 Å². The second kappa shape index (κ2) is 4.69. The molecule has 0 heterocycles. The molecule has 0 fully saturated rings. The van der Waals surface area contributed by atoms with E-state index < -0.39 is 22.3 Å². The summed E-state index contributed by atoms with van der Waals surface area (Å²) < 4.78 is 13.0. The first-order valence-electron chi connectivity index (χ1n) is 4.66. The van der Waals surface area contributed by atoms with Crippen molar-refractivity contribution in [3.05, 3.63) is 39.7 Å². The van der Waals surface area contributed by atoms with Gasteiger partial charge in [-0.2, -0.15) is 0 Å². The average molecular weight is 226 g/mol. The Morgan fingerprint density at radius 3 is 2.62 bits per heavy atom. The minimum absolute atomic E-state index is 0.0175. The molecule has 1 aromatic carbocycles. The van der Waals surface area contributed by atoms with Crippen molar-refractivity contribution in [2.45, 2.75) is 6.92 Å². The molecular formula is C10H11FN2O3. The molecule has 0 aliphatic rings. The normalized spacial score (nSPS) is 9.94. The zero-order chi connectivity index (χ0) is 12.3. The number of hydrogen-bond acceptors (Lipinski definition) is 3. The van der Waals surface area contributed by atoms with Gasteiger partial charge in [-0.05, 0) is 13.0 Å². The fourth-order valence-electron chi connectivity index (χ4n) is 1.17. The van der Waals surface area contributed by atoms with Crippen LogP contribution < -0.4 is 0 Å².